The van der Waals surface area contributed by atoms with E-state index in [2.05, 4.69) is 43.2 Å². The second-order valence-electron chi connectivity index (χ2n) is 4.65. The molecule has 3 heteroatoms. The number of nitrogens with zero attached hydrogens (tertiary/aromatic N) is 2. The molecule has 1 rings (SSSR count). The van der Waals surface area contributed by atoms with Crippen LogP contribution in [0, 0.1) is 5.92 Å². The quantitative estimate of drug-likeness (QED) is 0.695. The monoisotopic (exact) mass is 199 g/mol. The van der Waals surface area contributed by atoms with Crippen LogP contribution in [0.25, 0.3) is 0 Å². The molecule has 1 saturated heterocycles. The highest BCUT2D eigenvalue weighted by Gasteiger charge is 2.28. The second kappa shape index (κ2) is 5.69. The van der Waals surface area contributed by atoms with E-state index in [1.54, 1.807) is 0 Å². The fraction of sp³-hybridized carbons (Fsp3) is 1.00. The van der Waals surface area contributed by atoms with Gasteiger partial charge in [0.1, 0.15) is 0 Å². The van der Waals surface area contributed by atoms with Gasteiger partial charge in [-0.2, -0.15) is 0 Å². The molecule has 1 aliphatic rings. The molecule has 0 bridgehead atoms. The van der Waals surface area contributed by atoms with Crippen molar-refractivity contribution in [2.45, 2.75) is 19.4 Å². The van der Waals surface area contributed by atoms with Crippen molar-refractivity contribution in [2.75, 3.05) is 47.3 Å². The summed E-state index contributed by atoms with van der Waals surface area (Å²) in [6, 6.07) is 0.694. The maximum absolute atomic E-state index is 3.46. The maximum atomic E-state index is 3.46. The summed E-state index contributed by atoms with van der Waals surface area (Å²) >= 11 is 0. The summed E-state index contributed by atoms with van der Waals surface area (Å²) in [5.74, 6) is 0.842. The molecule has 3 nitrogen and oxygen atoms in total. The zero-order valence-electron chi connectivity index (χ0n) is 10.1. The largest absolute Gasteiger partial charge is 0.315 e. The average Bonchev–Trinajstić information content (AvgIpc) is 2.52. The highest BCUT2D eigenvalue weighted by Crippen LogP contribution is 2.20. The lowest BCUT2D eigenvalue weighted by Gasteiger charge is -2.30. The smallest absolute Gasteiger partial charge is 0.0255 e. The van der Waals surface area contributed by atoms with Gasteiger partial charge in [0.2, 0.25) is 0 Å². The number of likely N-dealkylation sites (tertiary alicyclic amines) is 1. The SMILES string of the molecule is CCNCC(C1CCN(C)C1)N(C)C. The summed E-state index contributed by atoms with van der Waals surface area (Å²) in [7, 11) is 6.61. The fourth-order valence-corrected chi connectivity index (χ4v) is 2.35. The van der Waals surface area contributed by atoms with Crippen LogP contribution in [-0.4, -0.2) is 63.2 Å². The number of rotatable bonds is 5. The van der Waals surface area contributed by atoms with Crippen molar-refractivity contribution in [1.82, 2.24) is 15.1 Å². The molecule has 0 amide bonds. The van der Waals surface area contributed by atoms with Gasteiger partial charge >= 0.3 is 0 Å². The molecule has 1 N–H and O–H groups in total. The Bertz CT molecular complexity index is 159. The molecule has 1 heterocycles. The summed E-state index contributed by atoms with van der Waals surface area (Å²) in [6.45, 7) is 6.90. The third-order valence-electron chi connectivity index (χ3n) is 3.24. The van der Waals surface area contributed by atoms with Crippen LogP contribution in [0.15, 0.2) is 0 Å². The highest BCUT2D eigenvalue weighted by molar-refractivity contribution is 4.85. The normalized spacial score (nSPS) is 25.9. The van der Waals surface area contributed by atoms with E-state index >= 15 is 0 Å². The van der Waals surface area contributed by atoms with E-state index in [1.807, 2.05) is 0 Å². The van der Waals surface area contributed by atoms with Crippen LogP contribution < -0.4 is 5.32 Å². The predicted octanol–water partition coefficient (Wildman–Crippen LogP) is 0.478. The van der Waals surface area contributed by atoms with Gasteiger partial charge in [-0.1, -0.05) is 6.92 Å². The van der Waals surface area contributed by atoms with Crippen LogP contribution in [0.4, 0.5) is 0 Å². The van der Waals surface area contributed by atoms with Gasteiger partial charge in [-0.05, 0) is 46.6 Å². The standard InChI is InChI=1S/C11H25N3/c1-5-12-8-11(13(2)3)10-6-7-14(4)9-10/h10-12H,5-9H2,1-4H3. The molecule has 14 heavy (non-hydrogen) atoms. The van der Waals surface area contributed by atoms with Crippen molar-refractivity contribution < 1.29 is 0 Å². The Hall–Kier alpha value is -0.120. The Labute approximate surface area is 88.5 Å². The molecule has 0 aromatic heterocycles. The van der Waals surface area contributed by atoms with Crippen LogP contribution in [0.1, 0.15) is 13.3 Å². The van der Waals surface area contributed by atoms with Gasteiger partial charge in [0.25, 0.3) is 0 Å². The molecule has 0 saturated carbocycles. The molecule has 0 aliphatic carbocycles. The number of nitrogens with one attached hydrogen (secondary N) is 1. The maximum Gasteiger partial charge on any atom is 0.0255 e. The molecule has 2 atom stereocenters. The van der Waals surface area contributed by atoms with Gasteiger partial charge in [0.15, 0.2) is 0 Å². The van der Waals surface area contributed by atoms with Crippen molar-refractivity contribution in [3.63, 3.8) is 0 Å². The summed E-state index contributed by atoms with van der Waals surface area (Å²) in [6.07, 6.45) is 1.35. The van der Waals surface area contributed by atoms with E-state index in [1.165, 1.54) is 19.5 Å². The molecule has 0 aromatic carbocycles. The van der Waals surface area contributed by atoms with Crippen LogP contribution in [0.2, 0.25) is 0 Å². The topological polar surface area (TPSA) is 18.5 Å². The second-order valence-corrected chi connectivity index (χ2v) is 4.65. The Kier molecular flexibility index (Phi) is 4.85. The first-order chi connectivity index (χ1) is 6.65. The first-order valence-electron chi connectivity index (χ1n) is 5.70. The van der Waals surface area contributed by atoms with E-state index in [0.29, 0.717) is 6.04 Å². The van der Waals surface area contributed by atoms with E-state index in [9.17, 15) is 0 Å². The Morgan fingerprint density at radius 3 is 2.64 bits per heavy atom. The molecule has 2 unspecified atom stereocenters. The number of hydrogen-bond donors (Lipinski definition) is 1. The molecule has 1 aliphatic heterocycles. The van der Waals surface area contributed by atoms with Gasteiger partial charge in [0, 0.05) is 19.1 Å². The zero-order valence-corrected chi connectivity index (χ0v) is 10.1. The van der Waals surface area contributed by atoms with Crippen LogP contribution in [-0.2, 0) is 0 Å². The Morgan fingerprint density at radius 1 is 1.50 bits per heavy atom. The highest BCUT2D eigenvalue weighted by atomic mass is 15.2. The van der Waals surface area contributed by atoms with Gasteiger partial charge in [-0.15, -0.1) is 0 Å². The van der Waals surface area contributed by atoms with Gasteiger partial charge < -0.3 is 15.1 Å². The summed E-state index contributed by atoms with van der Waals surface area (Å²) in [4.78, 5) is 4.81. The van der Waals surface area contributed by atoms with Crippen LogP contribution in [0.5, 0.6) is 0 Å². The van der Waals surface area contributed by atoms with Crippen molar-refractivity contribution in [1.29, 1.82) is 0 Å². The molecule has 0 radical (unpaired) electrons. The lowest BCUT2D eigenvalue weighted by atomic mass is 9.98. The van der Waals surface area contributed by atoms with Crippen LogP contribution >= 0.6 is 0 Å². The molecular weight excluding hydrogens is 174 g/mol. The van der Waals surface area contributed by atoms with Crippen molar-refractivity contribution in [3.05, 3.63) is 0 Å². The molecule has 1 fully saturated rings. The Balaban J connectivity index is 2.41. The first-order valence-corrected chi connectivity index (χ1v) is 5.70. The molecule has 0 aromatic rings. The molecule has 84 valence electrons. The number of likely N-dealkylation sites (N-methyl/N-ethyl adjacent to an activating group) is 2. The van der Waals surface area contributed by atoms with Crippen molar-refractivity contribution >= 4 is 0 Å². The Morgan fingerprint density at radius 2 is 2.21 bits per heavy atom. The summed E-state index contributed by atoms with van der Waals surface area (Å²) in [5, 5.41) is 3.46. The van der Waals surface area contributed by atoms with Gasteiger partial charge in [-0.25, -0.2) is 0 Å². The number of hydrogen-bond acceptors (Lipinski definition) is 3. The molecule has 0 spiro atoms. The zero-order chi connectivity index (χ0) is 10.6. The van der Waals surface area contributed by atoms with E-state index in [0.717, 1.165) is 19.0 Å². The predicted molar refractivity (Wildman–Crippen MR) is 61.6 cm³/mol. The minimum absolute atomic E-state index is 0.694. The summed E-state index contributed by atoms with van der Waals surface area (Å²) in [5.41, 5.74) is 0. The van der Waals surface area contributed by atoms with Gasteiger partial charge in [-0.3, -0.25) is 0 Å². The summed E-state index contributed by atoms with van der Waals surface area (Å²) < 4.78 is 0. The third kappa shape index (κ3) is 3.23. The van der Waals surface area contributed by atoms with Crippen molar-refractivity contribution in [2.24, 2.45) is 5.92 Å². The lowest BCUT2D eigenvalue weighted by Crippen LogP contribution is -2.44. The average molecular weight is 199 g/mol. The van der Waals surface area contributed by atoms with Gasteiger partial charge in [0.05, 0.1) is 0 Å². The third-order valence-corrected chi connectivity index (χ3v) is 3.24. The van der Waals surface area contributed by atoms with Crippen LogP contribution in [0.3, 0.4) is 0 Å². The van der Waals surface area contributed by atoms with E-state index in [-0.39, 0.29) is 0 Å². The van der Waals surface area contributed by atoms with E-state index in [4.69, 9.17) is 0 Å². The minimum Gasteiger partial charge on any atom is -0.315 e. The molecular formula is C11H25N3. The van der Waals surface area contributed by atoms with Crippen molar-refractivity contribution in [3.8, 4) is 0 Å². The fourth-order valence-electron chi connectivity index (χ4n) is 2.35. The van der Waals surface area contributed by atoms with E-state index < -0.39 is 0 Å². The first kappa shape index (κ1) is 12.0. The minimum atomic E-state index is 0.694. The lowest BCUT2D eigenvalue weighted by molar-refractivity contribution is 0.205.